The molecule has 0 saturated heterocycles. The molecule has 1 aliphatic rings. The number of benzene rings is 2. The van der Waals surface area contributed by atoms with Crippen LogP contribution in [-0.2, 0) is 12.8 Å². The van der Waals surface area contributed by atoms with Crippen molar-refractivity contribution in [1.29, 1.82) is 0 Å². The number of hydrogen-bond donors (Lipinski definition) is 0. The van der Waals surface area contributed by atoms with Crippen LogP contribution in [0.3, 0.4) is 0 Å². The molecule has 0 aliphatic heterocycles. The molecule has 1 heteroatoms. The molecule has 2 aromatic carbocycles. The van der Waals surface area contributed by atoms with Gasteiger partial charge in [0.15, 0.2) is 0 Å². The molecule has 0 aromatic heterocycles. The van der Waals surface area contributed by atoms with Gasteiger partial charge in [0, 0.05) is 0 Å². The van der Waals surface area contributed by atoms with E-state index in [9.17, 15) is 0 Å². The van der Waals surface area contributed by atoms with Crippen molar-refractivity contribution in [3.05, 3.63) is 70.8 Å². The molecule has 2 aromatic rings. The van der Waals surface area contributed by atoms with Crippen LogP contribution in [0.25, 0.3) is 0 Å². The van der Waals surface area contributed by atoms with Crippen molar-refractivity contribution in [2.24, 2.45) is 0 Å². The maximum Gasteiger partial charge on any atom is -0.00189 e. The van der Waals surface area contributed by atoms with Gasteiger partial charge in [0.25, 0.3) is 0 Å². The molecule has 0 amide bonds. The molecular weight excluding hydrogens is 242 g/mol. The van der Waals surface area contributed by atoms with Crippen LogP contribution < -0.4 is 0 Å². The molecule has 0 heterocycles. The zero-order valence-corrected chi connectivity index (χ0v) is 12.5. The van der Waals surface area contributed by atoms with Gasteiger partial charge < -0.3 is 4.90 Å². The van der Waals surface area contributed by atoms with E-state index in [4.69, 9.17) is 0 Å². The highest BCUT2D eigenvalue weighted by Crippen LogP contribution is 2.33. The second-order valence-corrected chi connectivity index (χ2v) is 6.14. The van der Waals surface area contributed by atoms with E-state index in [-0.39, 0.29) is 0 Å². The van der Waals surface area contributed by atoms with E-state index < -0.39 is 0 Å². The zero-order valence-electron chi connectivity index (χ0n) is 12.5. The smallest absolute Gasteiger partial charge is 0.00189 e. The minimum absolute atomic E-state index is 0.650. The van der Waals surface area contributed by atoms with Crippen LogP contribution in [0, 0.1) is 0 Å². The van der Waals surface area contributed by atoms with Gasteiger partial charge >= 0.3 is 0 Å². The van der Waals surface area contributed by atoms with Gasteiger partial charge in [-0.05, 0) is 68.1 Å². The molecule has 1 aliphatic carbocycles. The first kappa shape index (κ1) is 13.4. The molecule has 0 N–H and O–H groups in total. The van der Waals surface area contributed by atoms with Crippen molar-refractivity contribution in [3.63, 3.8) is 0 Å². The van der Waals surface area contributed by atoms with Crippen molar-refractivity contribution in [3.8, 4) is 0 Å². The second-order valence-electron chi connectivity index (χ2n) is 6.14. The Morgan fingerprint density at radius 2 is 1.55 bits per heavy atom. The van der Waals surface area contributed by atoms with Crippen LogP contribution in [0.2, 0.25) is 0 Å². The molecule has 0 radical (unpaired) electrons. The quantitative estimate of drug-likeness (QED) is 0.814. The maximum atomic E-state index is 2.33. The summed E-state index contributed by atoms with van der Waals surface area (Å²) in [4.78, 5) is 2.29. The van der Waals surface area contributed by atoms with E-state index in [1.54, 1.807) is 5.56 Å². The lowest BCUT2D eigenvalue weighted by Crippen LogP contribution is -2.17. The van der Waals surface area contributed by atoms with Crippen LogP contribution >= 0.6 is 0 Å². The Morgan fingerprint density at radius 1 is 0.900 bits per heavy atom. The average molecular weight is 265 g/mol. The largest absolute Gasteiger partial charge is 0.309 e. The van der Waals surface area contributed by atoms with Gasteiger partial charge in [-0.25, -0.2) is 0 Å². The fourth-order valence-corrected chi connectivity index (χ4v) is 3.27. The summed E-state index contributed by atoms with van der Waals surface area (Å²) in [6, 6.07) is 18.0. The Balaban J connectivity index is 1.97. The van der Waals surface area contributed by atoms with Crippen molar-refractivity contribution < 1.29 is 0 Å². The highest BCUT2D eigenvalue weighted by Gasteiger charge is 2.21. The lowest BCUT2D eigenvalue weighted by molar-refractivity contribution is 0.380. The normalized spacial score (nSPS) is 17.4. The Morgan fingerprint density at radius 3 is 2.30 bits per heavy atom. The maximum absolute atomic E-state index is 2.33. The van der Waals surface area contributed by atoms with Crippen LogP contribution in [0.4, 0.5) is 0 Å². The Kier molecular flexibility index (Phi) is 3.88. The Labute approximate surface area is 122 Å². The fraction of sp³-hybridized carbons (Fsp3) is 0.368. The molecule has 0 unspecified atom stereocenters. The number of rotatable bonds is 3. The predicted octanol–water partition coefficient (Wildman–Crippen LogP) is 3.87. The first-order valence-corrected chi connectivity index (χ1v) is 7.53. The average Bonchev–Trinajstić information content (AvgIpc) is 2.61. The predicted molar refractivity (Wildman–Crippen MR) is 85.3 cm³/mol. The molecule has 0 spiro atoms. The monoisotopic (exact) mass is 265 g/mol. The Bertz CT molecular complexity index is 586. The van der Waals surface area contributed by atoms with Gasteiger partial charge in [-0.2, -0.15) is 0 Å². The van der Waals surface area contributed by atoms with Crippen LogP contribution in [0.15, 0.2) is 48.5 Å². The van der Waals surface area contributed by atoms with Crippen molar-refractivity contribution in [2.75, 3.05) is 20.6 Å². The summed E-state index contributed by atoms with van der Waals surface area (Å²) >= 11 is 0. The SMILES string of the molecule is CN(C)CC[C@@H]1Cc2ccccc2Cc2ccccc21. The molecule has 3 rings (SSSR count). The summed E-state index contributed by atoms with van der Waals surface area (Å²) < 4.78 is 0. The van der Waals surface area contributed by atoms with E-state index in [2.05, 4.69) is 67.5 Å². The summed E-state index contributed by atoms with van der Waals surface area (Å²) in [5.74, 6) is 0.650. The molecule has 104 valence electrons. The van der Waals surface area contributed by atoms with Gasteiger partial charge in [-0.15, -0.1) is 0 Å². The topological polar surface area (TPSA) is 3.24 Å². The lowest BCUT2D eigenvalue weighted by atomic mass is 9.88. The second kappa shape index (κ2) is 5.80. The van der Waals surface area contributed by atoms with E-state index in [0.29, 0.717) is 5.92 Å². The van der Waals surface area contributed by atoms with Crippen molar-refractivity contribution in [2.45, 2.75) is 25.2 Å². The molecule has 20 heavy (non-hydrogen) atoms. The third kappa shape index (κ3) is 2.78. The number of fused-ring (bicyclic) bond motifs is 2. The van der Waals surface area contributed by atoms with Gasteiger partial charge in [0.05, 0.1) is 0 Å². The standard InChI is InChI=1S/C19H23N/c1-20(2)12-11-18-14-16-8-4-3-7-15(16)13-17-9-5-6-10-19(17)18/h3-10,18H,11-14H2,1-2H3/t18-/m1/s1. The van der Waals surface area contributed by atoms with E-state index in [1.807, 2.05) is 0 Å². The van der Waals surface area contributed by atoms with E-state index in [1.165, 1.54) is 29.5 Å². The lowest BCUT2D eigenvalue weighted by Gasteiger charge is -2.20. The summed E-state index contributed by atoms with van der Waals surface area (Å²) in [7, 11) is 4.33. The molecular formula is C19H23N. The molecule has 0 saturated carbocycles. The van der Waals surface area contributed by atoms with Gasteiger partial charge in [-0.3, -0.25) is 0 Å². The van der Waals surface area contributed by atoms with E-state index in [0.717, 1.165) is 13.0 Å². The van der Waals surface area contributed by atoms with E-state index >= 15 is 0 Å². The van der Waals surface area contributed by atoms with Crippen LogP contribution in [0.1, 0.15) is 34.6 Å². The third-order valence-electron chi connectivity index (χ3n) is 4.39. The van der Waals surface area contributed by atoms with Crippen molar-refractivity contribution in [1.82, 2.24) is 4.90 Å². The Hall–Kier alpha value is -1.60. The summed E-state index contributed by atoms with van der Waals surface area (Å²) in [6.07, 6.45) is 3.50. The van der Waals surface area contributed by atoms with Crippen LogP contribution in [0.5, 0.6) is 0 Å². The number of hydrogen-bond acceptors (Lipinski definition) is 1. The fourth-order valence-electron chi connectivity index (χ4n) is 3.27. The zero-order chi connectivity index (χ0) is 13.9. The number of nitrogens with zero attached hydrogens (tertiary/aromatic N) is 1. The first-order chi connectivity index (χ1) is 9.74. The van der Waals surface area contributed by atoms with Gasteiger partial charge in [0.1, 0.15) is 0 Å². The summed E-state index contributed by atoms with van der Waals surface area (Å²) in [5, 5.41) is 0. The minimum atomic E-state index is 0.650. The van der Waals surface area contributed by atoms with Crippen molar-refractivity contribution >= 4 is 0 Å². The van der Waals surface area contributed by atoms with Gasteiger partial charge in [0.2, 0.25) is 0 Å². The molecule has 0 fully saturated rings. The minimum Gasteiger partial charge on any atom is -0.309 e. The summed E-state index contributed by atoms with van der Waals surface area (Å²) in [6.45, 7) is 1.15. The molecule has 1 atom stereocenters. The highest BCUT2D eigenvalue weighted by molar-refractivity contribution is 5.42. The van der Waals surface area contributed by atoms with Crippen LogP contribution in [-0.4, -0.2) is 25.5 Å². The van der Waals surface area contributed by atoms with Gasteiger partial charge in [-0.1, -0.05) is 48.5 Å². The highest BCUT2D eigenvalue weighted by atomic mass is 15.0. The molecule has 1 nitrogen and oxygen atoms in total. The third-order valence-corrected chi connectivity index (χ3v) is 4.39. The molecule has 0 bridgehead atoms. The first-order valence-electron chi connectivity index (χ1n) is 7.53. The summed E-state index contributed by atoms with van der Waals surface area (Å²) in [5.41, 5.74) is 6.12.